The first-order valence-electron chi connectivity index (χ1n) is 8.57. The Morgan fingerprint density at radius 2 is 1.92 bits per heavy atom. The molecule has 0 fully saturated rings. The van der Waals surface area contributed by atoms with E-state index in [1.807, 2.05) is 25.1 Å². The normalized spacial score (nSPS) is 13.4. The number of anilines is 4. The van der Waals surface area contributed by atoms with Crippen LogP contribution < -0.4 is 16.0 Å². The summed E-state index contributed by atoms with van der Waals surface area (Å²) in [6.07, 6.45) is 2.54. The highest BCUT2D eigenvalue weighted by molar-refractivity contribution is 6.30. The van der Waals surface area contributed by atoms with Gasteiger partial charge < -0.3 is 16.0 Å². The maximum atomic E-state index is 6.41. The van der Waals surface area contributed by atoms with Gasteiger partial charge in [-0.3, -0.25) is 0 Å². The van der Waals surface area contributed by atoms with Crippen molar-refractivity contribution in [3.05, 3.63) is 70.5 Å². The van der Waals surface area contributed by atoms with Crippen LogP contribution in [-0.4, -0.2) is 16.5 Å². The summed E-state index contributed by atoms with van der Waals surface area (Å²) < 4.78 is 0. The third-order valence-corrected chi connectivity index (χ3v) is 4.97. The minimum absolute atomic E-state index is 0.557. The minimum Gasteiger partial charge on any atom is -0.393 e. The summed E-state index contributed by atoms with van der Waals surface area (Å²) in [4.78, 5) is 11.0. The second-order valence-corrected chi connectivity index (χ2v) is 6.92. The Kier molecular flexibility index (Phi) is 4.39. The lowest BCUT2D eigenvalue weighted by Crippen LogP contribution is -2.31. The van der Waals surface area contributed by atoms with Crippen LogP contribution in [0.1, 0.15) is 16.7 Å². The Bertz CT molecular complexity index is 957. The average molecular weight is 366 g/mol. The molecule has 0 atom stereocenters. The maximum Gasteiger partial charge on any atom is 0.159 e. The molecule has 0 spiro atoms. The number of nitrogens with two attached hydrogens (primary N) is 1. The molecule has 6 heteroatoms. The zero-order valence-corrected chi connectivity index (χ0v) is 15.3. The summed E-state index contributed by atoms with van der Waals surface area (Å²) in [5.74, 6) is 1.38. The molecule has 5 nitrogen and oxygen atoms in total. The zero-order valence-electron chi connectivity index (χ0n) is 14.5. The first-order chi connectivity index (χ1) is 12.6. The molecule has 1 aliphatic rings. The van der Waals surface area contributed by atoms with E-state index in [4.69, 9.17) is 17.3 Å². The van der Waals surface area contributed by atoms with E-state index in [0.29, 0.717) is 16.5 Å². The van der Waals surface area contributed by atoms with Crippen LogP contribution in [0.3, 0.4) is 0 Å². The molecule has 1 aromatic heterocycles. The van der Waals surface area contributed by atoms with E-state index in [1.54, 1.807) is 6.33 Å². The molecule has 0 bridgehead atoms. The Morgan fingerprint density at radius 3 is 2.73 bits per heavy atom. The van der Waals surface area contributed by atoms with E-state index in [2.05, 4.69) is 44.5 Å². The van der Waals surface area contributed by atoms with Gasteiger partial charge in [0.25, 0.3) is 0 Å². The van der Waals surface area contributed by atoms with Crippen LogP contribution in [-0.2, 0) is 13.0 Å². The SMILES string of the molecule is Cc1cc(Cl)ccc1Nc1ncnc(N2CCc3ccccc3C2)c1N. The number of nitrogens with one attached hydrogen (secondary N) is 1. The number of fused-ring (bicyclic) bond motifs is 1. The van der Waals surface area contributed by atoms with Crippen LogP contribution in [0.4, 0.5) is 23.0 Å². The molecule has 3 aromatic rings. The summed E-state index contributed by atoms with van der Waals surface area (Å²) in [6, 6.07) is 14.2. The lowest BCUT2D eigenvalue weighted by atomic mass is 10.00. The summed E-state index contributed by atoms with van der Waals surface area (Å²) >= 11 is 6.03. The van der Waals surface area contributed by atoms with Crippen molar-refractivity contribution < 1.29 is 0 Å². The zero-order chi connectivity index (χ0) is 18.1. The lowest BCUT2D eigenvalue weighted by molar-refractivity contribution is 0.721. The summed E-state index contributed by atoms with van der Waals surface area (Å²) in [5.41, 5.74) is 11.6. The smallest absolute Gasteiger partial charge is 0.159 e. The van der Waals surface area contributed by atoms with Crippen molar-refractivity contribution in [2.24, 2.45) is 0 Å². The third-order valence-electron chi connectivity index (χ3n) is 4.73. The predicted octanol–water partition coefficient (Wildman–Crippen LogP) is 4.33. The molecule has 2 heterocycles. The van der Waals surface area contributed by atoms with E-state index in [1.165, 1.54) is 11.1 Å². The van der Waals surface area contributed by atoms with Crippen LogP contribution in [0.5, 0.6) is 0 Å². The molecule has 4 rings (SSSR count). The summed E-state index contributed by atoms with van der Waals surface area (Å²) in [6.45, 7) is 3.68. The van der Waals surface area contributed by atoms with Gasteiger partial charge >= 0.3 is 0 Å². The van der Waals surface area contributed by atoms with Gasteiger partial charge in [0.1, 0.15) is 12.0 Å². The highest BCUT2D eigenvalue weighted by atomic mass is 35.5. The number of rotatable bonds is 3. The van der Waals surface area contributed by atoms with Gasteiger partial charge in [-0.1, -0.05) is 35.9 Å². The van der Waals surface area contributed by atoms with E-state index in [9.17, 15) is 0 Å². The van der Waals surface area contributed by atoms with Gasteiger partial charge in [0.15, 0.2) is 11.6 Å². The highest BCUT2D eigenvalue weighted by Gasteiger charge is 2.20. The number of aryl methyl sites for hydroxylation is 1. The topological polar surface area (TPSA) is 67.1 Å². The maximum absolute atomic E-state index is 6.41. The van der Waals surface area contributed by atoms with Gasteiger partial charge in [0.2, 0.25) is 0 Å². The molecule has 0 radical (unpaired) electrons. The molecular formula is C20H20ClN5. The van der Waals surface area contributed by atoms with Crippen molar-refractivity contribution in [3.8, 4) is 0 Å². The number of hydrogen-bond donors (Lipinski definition) is 2. The quantitative estimate of drug-likeness (QED) is 0.723. The van der Waals surface area contributed by atoms with Gasteiger partial charge in [0.05, 0.1) is 0 Å². The molecule has 1 aliphatic heterocycles. The average Bonchev–Trinajstić information content (AvgIpc) is 2.65. The molecule has 0 saturated carbocycles. The van der Waals surface area contributed by atoms with Gasteiger partial charge in [0, 0.05) is 23.8 Å². The Morgan fingerprint density at radius 1 is 1.12 bits per heavy atom. The molecule has 26 heavy (non-hydrogen) atoms. The number of nitrogen functional groups attached to an aromatic ring is 1. The molecule has 0 unspecified atom stereocenters. The third kappa shape index (κ3) is 3.18. The number of benzene rings is 2. The van der Waals surface area contributed by atoms with Gasteiger partial charge in [-0.25, -0.2) is 9.97 Å². The lowest BCUT2D eigenvalue weighted by Gasteiger charge is -2.30. The van der Waals surface area contributed by atoms with Gasteiger partial charge in [-0.15, -0.1) is 0 Å². The van der Waals surface area contributed by atoms with Crippen LogP contribution in [0.15, 0.2) is 48.8 Å². The molecule has 2 aromatic carbocycles. The monoisotopic (exact) mass is 365 g/mol. The van der Waals surface area contributed by atoms with Crippen LogP contribution in [0.25, 0.3) is 0 Å². The molecule has 0 saturated heterocycles. The van der Waals surface area contributed by atoms with Crippen molar-refractivity contribution >= 4 is 34.6 Å². The standard InChI is InChI=1S/C20H20ClN5/c1-13-10-16(21)6-7-17(13)25-19-18(22)20(24-12-23-19)26-9-8-14-4-2-3-5-15(14)11-26/h2-7,10,12H,8-9,11,22H2,1H3,(H,23,24,25). The second kappa shape index (κ2) is 6.84. The highest BCUT2D eigenvalue weighted by Crippen LogP contribution is 2.32. The second-order valence-electron chi connectivity index (χ2n) is 6.48. The van der Waals surface area contributed by atoms with Crippen molar-refractivity contribution in [3.63, 3.8) is 0 Å². The molecule has 0 amide bonds. The van der Waals surface area contributed by atoms with Crippen molar-refractivity contribution in [2.75, 3.05) is 22.5 Å². The van der Waals surface area contributed by atoms with Crippen molar-refractivity contribution in [1.29, 1.82) is 0 Å². The molecule has 0 aliphatic carbocycles. The first kappa shape index (κ1) is 16.7. The van der Waals surface area contributed by atoms with Crippen LogP contribution in [0.2, 0.25) is 5.02 Å². The van der Waals surface area contributed by atoms with Crippen molar-refractivity contribution in [2.45, 2.75) is 19.9 Å². The van der Waals surface area contributed by atoms with Crippen LogP contribution in [0, 0.1) is 6.92 Å². The fourth-order valence-corrected chi connectivity index (χ4v) is 3.54. The minimum atomic E-state index is 0.557. The first-order valence-corrected chi connectivity index (χ1v) is 8.95. The Hall–Kier alpha value is -2.79. The largest absolute Gasteiger partial charge is 0.393 e. The number of halogens is 1. The Balaban J connectivity index is 1.62. The summed E-state index contributed by atoms with van der Waals surface area (Å²) in [5, 5.41) is 4.01. The molecule has 132 valence electrons. The van der Waals surface area contributed by atoms with E-state index >= 15 is 0 Å². The van der Waals surface area contributed by atoms with E-state index < -0.39 is 0 Å². The van der Waals surface area contributed by atoms with Crippen molar-refractivity contribution in [1.82, 2.24) is 9.97 Å². The fourth-order valence-electron chi connectivity index (χ4n) is 3.31. The number of hydrogen-bond acceptors (Lipinski definition) is 5. The Labute approximate surface area is 157 Å². The van der Waals surface area contributed by atoms with Gasteiger partial charge in [-0.2, -0.15) is 0 Å². The molecule has 3 N–H and O–H groups in total. The predicted molar refractivity (Wildman–Crippen MR) is 107 cm³/mol. The number of nitrogens with zero attached hydrogens (tertiary/aromatic N) is 3. The molecular weight excluding hydrogens is 346 g/mol. The summed E-state index contributed by atoms with van der Waals surface area (Å²) in [7, 11) is 0. The van der Waals surface area contributed by atoms with E-state index in [0.717, 1.165) is 36.6 Å². The number of aromatic nitrogens is 2. The fraction of sp³-hybridized carbons (Fsp3) is 0.200. The van der Waals surface area contributed by atoms with Crippen LogP contribution >= 0.6 is 11.6 Å². The van der Waals surface area contributed by atoms with Gasteiger partial charge in [-0.05, 0) is 48.2 Å². The van der Waals surface area contributed by atoms with E-state index in [-0.39, 0.29) is 0 Å².